The van der Waals surface area contributed by atoms with Gasteiger partial charge in [-0.3, -0.25) is 0 Å². The number of nitrogens with one attached hydrogen (secondary N) is 1. The molecule has 0 spiro atoms. The van der Waals surface area contributed by atoms with Crippen molar-refractivity contribution in [1.82, 2.24) is 35.4 Å². The van der Waals surface area contributed by atoms with Gasteiger partial charge in [-0.1, -0.05) is 5.21 Å². The molecule has 4 rings (SSSR count). The molecule has 3 aromatic rings. The molecule has 1 saturated carbocycles. The van der Waals surface area contributed by atoms with Crippen molar-refractivity contribution in [3.05, 3.63) is 17.5 Å². The number of aromatic nitrogens is 7. The van der Waals surface area contributed by atoms with Crippen molar-refractivity contribution in [2.45, 2.75) is 51.3 Å². The molecule has 0 aromatic carbocycles. The molecule has 132 valence electrons. The number of pyridine rings is 1. The van der Waals surface area contributed by atoms with Crippen LogP contribution in [0.15, 0.2) is 6.07 Å². The Hall–Kier alpha value is -2.75. The van der Waals surface area contributed by atoms with Gasteiger partial charge in [0, 0.05) is 12.1 Å². The lowest BCUT2D eigenvalue weighted by Gasteiger charge is -2.25. The van der Waals surface area contributed by atoms with Crippen LogP contribution in [0.1, 0.15) is 43.1 Å². The summed E-state index contributed by atoms with van der Waals surface area (Å²) in [6.07, 6.45) is 4.04. The second kappa shape index (κ2) is 6.28. The minimum Gasteiger partial charge on any atom is -0.485 e. The summed E-state index contributed by atoms with van der Waals surface area (Å²) in [7, 11) is 0. The van der Waals surface area contributed by atoms with E-state index in [0.717, 1.165) is 37.1 Å². The van der Waals surface area contributed by atoms with E-state index < -0.39 is 0 Å². The highest BCUT2D eigenvalue weighted by atomic mass is 16.5. The third kappa shape index (κ3) is 3.12. The van der Waals surface area contributed by atoms with Crippen LogP contribution in [0.4, 0.5) is 5.82 Å². The molecule has 3 heterocycles. The fourth-order valence-corrected chi connectivity index (χ4v) is 3.15. The van der Waals surface area contributed by atoms with Crippen LogP contribution in [0.2, 0.25) is 0 Å². The molecule has 3 aromatic heterocycles. The number of nitrogens with zero attached hydrogens (tertiary/aromatic N) is 6. The molecule has 0 radical (unpaired) electrons. The van der Waals surface area contributed by atoms with Crippen LogP contribution in [0.3, 0.4) is 0 Å². The number of ether oxygens (including phenoxy) is 1. The lowest BCUT2D eigenvalue weighted by atomic mass is 9.92. The number of aryl methyl sites for hydroxylation is 1. The highest BCUT2D eigenvalue weighted by Crippen LogP contribution is 2.27. The SMILES string of the molecule is Cc1nn([C@H]2CC[C@H](N)CC2)nc1COc1cc(N)nc2[nH]nnc12. The number of H-pyrrole nitrogens is 1. The van der Waals surface area contributed by atoms with Crippen molar-refractivity contribution in [2.24, 2.45) is 5.73 Å². The van der Waals surface area contributed by atoms with Gasteiger partial charge < -0.3 is 16.2 Å². The highest BCUT2D eigenvalue weighted by molar-refractivity contribution is 5.78. The molecule has 1 fully saturated rings. The number of nitrogen functional groups attached to an aromatic ring is 1. The van der Waals surface area contributed by atoms with Crippen LogP contribution in [0.25, 0.3) is 11.2 Å². The standard InChI is InChI=1S/C15H21N9O/c1-8-11(22-24(21-8)10-4-2-9(16)3-5-10)7-25-12-6-13(17)18-15-14(12)19-23-20-15/h6,9-10H,2-5,7,16H2,1H3,(H3,17,18,19,20,23)/t9-,10-. The molecule has 1 aliphatic carbocycles. The van der Waals surface area contributed by atoms with E-state index >= 15 is 0 Å². The normalized spacial score (nSPS) is 20.9. The van der Waals surface area contributed by atoms with Gasteiger partial charge in [-0.15, -0.1) is 5.10 Å². The van der Waals surface area contributed by atoms with Crippen molar-refractivity contribution in [3.63, 3.8) is 0 Å². The molecule has 5 N–H and O–H groups in total. The van der Waals surface area contributed by atoms with Crippen LogP contribution in [-0.4, -0.2) is 41.4 Å². The van der Waals surface area contributed by atoms with E-state index in [1.165, 1.54) is 0 Å². The van der Waals surface area contributed by atoms with Gasteiger partial charge in [-0.25, -0.2) is 10.1 Å². The first kappa shape index (κ1) is 15.8. The number of hydrogen-bond acceptors (Lipinski definition) is 8. The Balaban J connectivity index is 1.50. The van der Waals surface area contributed by atoms with Crippen molar-refractivity contribution in [2.75, 3.05) is 5.73 Å². The Morgan fingerprint density at radius 2 is 2.08 bits per heavy atom. The summed E-state index contributed by atoms with van der Waals surface area (Å²) < 4.78 is 5.86. The lowest BCUT2D eigenvalue weighted by molar-refractivity contribution is 0.271. The van der Waals surface area contributed by atoms with E-state index in [2.05, 4.69) is 30.6 Å². The Bertz CT molecular complexity index is 878. The van der Waals surface area contributed by atoms with E-state index in [4.69, 9.17) is 16.2 Å². The molecule has 0 unspecified atom stereocenters. The topological polar surface area (TPSA) is 146 Å². The second-order valence-corrected chi connectivity index (χ2v) is 6.46. The fraction of sp³-hybridized carbons (Fsp3) is 0.533. The molecule has 10 heteroatoms. The van der Waals surface area contributed by atoms with Gasteiger partial charge in [-0.2, -0.15) is 15.0 Å². The van der Waals surface area contributed by atoms with Crippen molar-refractivity contribution >= 4 is 17.0 Å². The third-order valence-corrected chi connectivity index (χ3v) is 4.61. The second-order valence-electron chi connectivity index (χ2n) is 6.46. The van der Waals surface area contributed by atoms with E-state index in [0.29, 0.717) is 34.8 Å². The molecular formula is C15H21N9O. The lowest BCUT2D eigenvalue weighted by Crippen LogP contribution is -2.28. The average Bonchev–Trinajstić information content (AvgIpc) is 3.20. The summed E-state index contributed by atoms with van der Waals surface area (Å²) in [6, 6.07) is 2.25. The molecule has 0 bridgehead atoms. The number of nitrogens with two attached hydrogens (primary N) is 2. The van der Waals surface area contributed by atoms with E-state index in [9.17, 15) is 0 Å². The first-order chi connectivity index (χ1) is 12.1. The molecule has 0 aliphatic heterocycles. The van der Waals surface area contributed by atoms with Crippen LogP contribution in [-0.2, 0) is 6.61 Å². The van der Waals surface area contributed by atoms with Gasteiger partial charge in [0.2, 0.25) is 0 Å². The van der Waals surface area contributed by atoms with Crippen LogP contribution in [0.5, 0.6) is 5.75 Å². The number of anilines is 1. The van der Waals surface area contributed by atoms with Gasteiger partial charge in [0.15, 0.2) is 16.9 Å². The Morgan fingerprint density at radius 3 is 2.88 bits per heavy atom. The zero-order chi connectivity index (χ0) is 17.4. The number of fused-ring (bicyclic) bond motifs is 1. The van der Waals surface area contributed by atoms with Gasteiger partial charge in [0.25, 0.3) is 0 Å². The maximum Gasteiger partial charge on any atom is 0.181 e. The zero-order valence-electron chi connectivity index (χ0n) is 14.0. The Labute approximate surface area is 143 Å². The summed E-state index contributed by atoms with van der Waals surface area (Å²) in [4.78, 5) is 5.93. The van der Waals surface area contributed by atoms with E-state index in [1.54, 1.807) is 6.07 Å². The molecule has 0 saturated heterocycles. The summed E-state index contributed by atoms with van der Waals surface area (Å²) in [6.45, 7) is 2.22. The summed E-state index contributed by atoms with van der Waals surface area (Å²) in [5, 5.41) is 19.6. The first-order valence-corrected chi connectivity index (χ1v) is 8.38. The van der Waals surface area contributed by atoms with Crippen molar-refractivity contribution in [3.8, 4) is 5.75 Å². The largest absolute Gasteiger partial charge is 0.485 e. The molecule has 0 amide bonds. The van der Waals surface area contributed by atoms with E-state index in [1.807, 2.05) is 11.7 Å². The van der Waals surface area contributed by atoms with Gasteiger partial charge in [-0.05, 0) is 32.6 Å². The quantitative estimate of drug-likeness (QED) is 0.632. The first-order valence-electron chi connectivity index (χ1n) is 8.38. The van der Waals surface area contributed by atoms with Gasteiger partial charge in [0.1, 0.15) is 18.1 Å². The number of rotatable bonds is 4. The maximum atomic E-state index is 5.97. The fourth-order valence-electron chi connectivity index (χ4n) is 3.15. The van der Waals surface area contributed by atoms with Crippen molar-refractivity contribution < 1.29 is 4.74 Å². The number of hydrogen-bond donors (Lipinski definition) is 3. The summed E-state index contributed by atoms with van der Waals surface area (Å²) in [5.41, 5.74) is 14.4. The van der Waals surface area contributed by atoms with Crippen LogP contribution >= 0.6 is 0 Å². The molecule has 25 heavy (non-hydrogen) atoms. The molecule has 1 aliphatic rings. The average molecular weight is 343 g/mol. The summed E-state index contributed by atoms with van der Waals surface area (Å²) >= 11 is 0. The highest BCUT2D eigenvalue weighted by Gasteiger charge is 2.22. The number of aromatic amines is 1. The Morgan fingerprint density at radius 1 is 1.28 bits per heavy atom. The monoisotopic (exact) mass is 343 g/mol. The molecular weight excluding hydrogens is 322 g/mol. The maximum absolute atomic E-state index is 5.97. The van der Waals surface area contributed by atoms with Gasteiger partial charge >= 0.3 is 0 Å². The zero-order valence-corrected chi connectivity index (χ0v) is 14.0. The molecule has 10 nitrogen and oxygen atoms in total. The summed E-state index contributed by atoms with van der Waals surface area (Å²) in [5.74, 6) is 0.862. The predicted molar refractivity (Wildman–Crippen MR) is 90.7 cm³/mol. The molecule has 0 atom stereocenters. The minimum absolute atomic E-state index is 0.281. The Kier molecular flexibility index (Phi) is 3.96. The van der Waals surface area contributed by atoms with E-state index in [-0.39, 0.29) is 6.61 Å². The minimum atomic E-state index is 0.281. The smallest absolute Gasteiger partial charge is 0.181 e. The van der Waals surface area contributed by atoms with Crippen molar-refractivity contribution in [1.29, 1.82) is 0 Å². The van der Waals surface area contributed by atoms with Crippen LogP contribution in [0, 0.1) is 6.92 Å². The van der Waals surface area contributed by atoms with Gasteiger partial charge in [0.05, 0.1) is 11.7 Å². The third-order valence-electron chi connectivity index (χ3n) is 4.61. The predicted octanol–water partition coefficient (Wildman–Crippen LogP) is 0.856. The van der Waals surface area contributed by atoms with Crippen LogP contribution < -0.4 is 16.2 Å².